The smallest absolute Gasteiger partial charge is 0.247 e. The summed E-state index contributed by atoms with van der Waals surface area (Å²) < 4.78 is 0. The first-order valence-electron chi connectivity index (χ1n) is 6.13. The van der Waals surface area contributed by atoms with E-state index in [0.29, 0.717) is 12.8 Å². The quantitative estimate of drug-likeness (QED) is 0.866. The summed E-state index contributed by atoms with van der Waals surface area (Å²) >= 11 is 0. The van der Waals surface area contributed by atoms with Gasteiger partial charge in [-0.15, -0.1) is 0 Å². The Balaban J connectivity index is 2.15. The zero-order valence-corrected chi connectivity index (χ0v) is 11.0. The van der Waals surface area contributed by atoms with Gasteiger partial charge in [0.1, 0.15) is 6.04 Å². The molecule has 0 bridgehead atoms. The van der Waals surface area contributed by atoms with Gasteiger partial charge in [0.15, 0.2) is 0 Å². The van der Waals surface area contributed by atoms with Crippen LogP contribution in [-0.2, 0) is 9.59 Å². The van der Waals surface area contributed by atoms with Crippen LogP contribution in [-0.4, -0.2) is 29.8 Å². The third-order valence-corrected chi connectivity index (χ3v) is 3.52. The molecule has 1 aliphatic rings. The number of rotatable bonds is 2. The summed E-state index contributed by atoms with van der Waals surface area (Å²) in [5, 5.41) is 2.94. The van der Waals surface area contributed by atoms with Crippen LogP contribution in [0.2, 0.25) is 0 Å². The first-order valence-corrected chi connectivity index (χ1v) is 6.13. The van der Waals surface area contributed by atoms with Crippen LogP contribution in [0.1, 0.15) is 24.0 Å². The number of likely N-dealkylation sites (N-methyl/N-ethyl adjacent to an activating group) is 1. The number of carbonyl (C=O) groups excluding carboxylic acids is 2. The van der Waals surface area contributed by atoms with Crippen molar-refractivity contribution in [3.8, 4) is 0 Å². The summed E-state index contributed by atoms with van der Waals surface area (Å²) in [5.74, 6) is -0.0580. The average molecular weight is 246 g/mol. The zero-order chi connectivity index (χ0) is 13.3. The van der Waals surface area contributed by atoms with E-state index in [1.165, 1.54) is 4.90 Å². The van der Waals surface area contributed by atoms with Crippen molar-refractivity contribution in [1.29, 1.82) is 0 Å². The monoisotopic (exact) mass is 246 g/mol. The molecule has 1 N–H and O–H groups in total. The van der Waals surface area contributed by atoms with Gasteiger partial charge in [-0.25, -0.2) is 0 Å². The minimum atomic E-state index is -0.337. The maximum Gasteiger partial charge on any atom is 0.247 e. The van der Waals surface area contributed by atoms with Crippen molar-refractivity contribution in [1.82, 2.24) is 4.90 Å². The molecular weight excluding hydrogens is 228 g/mol. The fourth-order valence-electron chi connectivity index (χ4n) is 2.33. The van der Waals surface area contributed by atoms with E-state index in [-0.39, 0.29) is 17.9 Å². The normalized spacial score (nSPS) is 19.2. The van der Waals surface area contributed by atoms with Crippen molar-refractivity contribution in [2.75, 3.05) is 12.4 Å². The van der Waals surface area contributed by atoms with Crippen LogP contribution in [0.3, 0.4) is 0 Å². The Morgan fingerprint density at radius 3 is 2.44 bits per heavy atom. The molecule has 2 rings (SSSR count). The largest absolute Gasteiger partial charge is 0.334 e. The maximum atomic E-state index is 12.2. The van der Waals surface area contributed by atoms with Crippen LogP contribution in [0.25, 0.3) is 0 Å². The Morgan fingerprint density at radius 1 is 1.33 bits per heavy atom. The molecule has 0 spiro atoms. The molecule has 0 saturated carbocycles. The van der Waals surface area contributed by atoms with E-state index in [1.807, 2.05) is 32.0 Å². The van der Waals surface area contributed by atoms with E-state index in [4.69, 9.17) is 0 Å². The number of para-hydroxylation sites is 1. The molecule has 4 nitrogen and oxygen atoms in total. The molecule has 2 amide bonds. The topological polar surface area (TPSA) is 49.4 Å². The highest BCUT2D eigenvalue weighted by molar-refractivity contribution is 5.99. The standard InChI is InChI=1S/C14H18N2O2/c1-9-5-4-6-10(2)13(9)15-14(18)11-7-8-12(17)16(11)3/h4-6,11H,7-8H2,1-3H3,(H,15,18). The van der Waals surface area contributed by atoms with Gasteiger partial charge in [-0.3, -0.25) is 9.59 Å². The number of nitrogens with one attached hydrogen (secondary N) is 1. The molecule has 1 heterocycles. The van der Waals surface area contributed by atoms with E-state index in [2.05, 4.69) is 5.32 Å². The highest BCUT2D eigenvalue weighted by Crippen LogP contribution is 2.22. The van der Waals surface area contributed by atoms with E-state index in [0.717, 1.165) is 16.8 Å². The summed E-state index contributed by atoms with van der Waals surface area (Å²) in [4.78, 5) is 25.1. The number of benzene rings is 1. The molecule has 1 atom stereocenters. The minimum Gasteiger partial charge on any atom is -0.334 e. The van der Waals surface area contributed by atoms with E-state index in [1.54, 1.807) is 7.05 Å². The van der Waals surface area contributed by atoms with Crippen molar-refractivity contribution >= 4 is 17.5 Å². The third-order valence-electron chi connectivity index (χ3n) is 3.52. The van der Waals surface area contributed by atoms with Gasteiger partial charge in [0.2, 0.25) is 11.8 Å². The molecule has 18 heavy (non-hydrogen) atoms. The lowest BCUT2D eigenvalue weighted by atomic mass is 10.1. The van der Waals surface area contributed by atoms with Gasteiger partial charge < -0.3 is 10.2 Å². The van der Waals surface area contributed by atoms with Gasteiger partial charge in [0.05, 0.1) is 0 Å². The molecule has 4 heteroatoms. The molecule has 1 aromatic rings. The summed E-state index contributed by atoms with van der Waals surface area (Å²) in [5.41, 5.74) is 2.93. The van der Waals surface area contributed by atoms with Crippen LogP contribution < -0.4 is 5.32 Å². The van der Waals surface area contributed by atoms with Gasteiger partial charge in [-0.2, -0.15) is 0 Å². The maximum absolute atomic E-state index is 12.2. The van der Waals surface area contributed by atoms with E-state index in [9.17, 15) is 9.59 Å². The lowest BCUT2D eigenvalue weighted by Gasteiger charge is -2.20. The molecule has 0 aliphatic carbocycles. The number of carbonyl (C=O) groups is 2. The SMILES string of the molecule is Cc1cccc(C)c1NC(=O)C1CCC(=O)N1C. The summed E-state index contributed by atoms with van der Waals surface area (Å²) in [6, 6.07) is 5.56. The summed E-state index contributed by atoms with van der Waals surface area (Å²) in [7, 11) is 1.68. The molecule has 0 radical (unpaired) electrons. The van der Waals surface area contributed by atoms with E-state index < -0.39 is 0 Å². The second-order valence-electron chi connectivity index (χ2n) is 4.82. The highest BCUT2D eigenvalue weighted by Gasteiger charge is 2.33. The van der Waals surface area contributed by atoms with Crippen molar-refractivity contribution < 1.29 is 9.59 Å². The van der Waals surface area contributed by atoms with Crippen molar-refractivity contribution in [3.05, 3.63) is 29.3 Å². The number of anilines is 1. The lowest BCUT2D eigenvalue weighted by molar-refractivity contribution is -0.131. The molecule has 1 unspecified atom stereocenters. The van der Waals surface area contributed by atoms with Gasteiger partial charge in [0, 0.05) is 19.2 Å². The predicted octanol–water partition coefficient (Wildman–Crippen LogP) is 1.86. The van der Waals surface area contributed by atoms with Crippen molar-refractivity contribution in [2.45, 2.75) is 32.7 Å². The Labute approximate surface area is 107 Å². The van der Waals surface area contributed by atoms with Crippen molar-refractivity contribution in [2.24, 2.45) is 0 Å². The molecule has 96 valence electrons. The van der Waals surface area contributed by atoms with Crippen molar-refractivity contribution in [3.63, 3.8) is 0 Å². The summed E-state index contributed by atoms with van der Waals surface area (Å²) in [6.07, 6.45) is 1.06. The third kappa shape index (κ3) is 2.23. The molecular formula is C14H18N2O2. The van der Waals surface area contributed by atoms with Crippen LogP contribution >= 0.6 is 0 Å². The van der Waals surface area contributed by atoms with Gasteiger partial charge in [-0.1, -0.05) is 18.2 Å². The van der Waals surface area contributed by atoms with E-state index >= 15 is 0 Å². The lowest BCUT2D eigenvalue weighted by Crippen LogP contribution is -2.39. The molecule has 1 aromatic carbocycles. The second-order valence-corrected chi connectivity index (χ2v) is 4.82. The van der Waals surface area contributed by atoms with Gasteiger partial charge >= 0.3 is 0 Å². The molecule has 1 saturated heterocycles. The number of hydrogen-bond acceptors (Lipinski definition) is 2. The fourth-order valence-corrected chi connectivity index (χ4v) is 2.33. The first-order chi connectivity index (χ1) is 8.50. The summed E-state index contributed by atoms with van der Waals surface area (Å²) in [6.45, 7) is 3.93. The molecule has 1 fully saturated rings. The zero-order valence-electron chi connectivity index (χ0n) is 11.0. The van der Waals surface area contributed by atoms with Gasteiger partial charge in [0.25, 0.3) is 0 Å². The highest BCUT2D eigenvalue weighted by atomic mass is 16.2. The molecule has 1 aliphatic heterocycles. The first kappa shape index (κ1) is 12.6. The Bertz CT molecular complexity index is 476. The number of likely N-dealkylation sites (tertiary alicyclic amines) is 1. The van der Waals surface area contributed by atoms with Crippen LogP contribution in [0.4, 0.5) is 5.69 Å². The van der Waals surface area contributed by atoms with Gasteiger partial charge in [-0.05, 0) is 31.4 Å². The van der Waals surface area contributed by atoms with Crippen LogP contribution in [0.5, 0.6) is 0 Å². The fraction of sp³-hybridized carbons (Fsp3) is 0.429. The van der Waals surface area contributed by atoms with Crippen LogP contribution in [0.15, 0.2) is 18.2 Å². The Kier molecular flexibility index (Phi) is 3.36. The van der Waals surface area contributed by atoms with Crippen LogP contribution in [0, 0.1) is 13.8 Å². The minimum absolute atomic E-state index is 0.0386. The second kappa shape index (κ2) is 4.80. The average Bonchev–Trinajstić information content (AvgIpc) is 2.65. The number of hydrogen-bond donors (Lipinski definition) is 1. The number of nitrogens with zero attached hydrogens (tertiary/aromatic N) is 1. The molecule has 0 aromatic heterocycles. The number of amides is 2. The number of aryl methyl sites for hydroxylation is 2. The predicted molar refractivity (Wildman–Crippen MR) is 70.3 cm³/mol. The Morgan fingerprint density at radius 2 is 1.94 bits per heavy atom. The Hall–Kier alpha value is -1.84.